The Morgan fingerprint density at radius 1 is 1.09 bits per heavy atom. The van der Waals surface area contributed by atoms with Crippen molar-refractivity contribution >= 4 is 27.3 Å². The van der Waals surface area contributed by atoms with E-state index in [2.05, 4.69) is 4.72 Å². The van der Waals surface area contributed by atoms with E-state index in [-0.39, 0.29) is 5.69 Å². The fourth-order valence-electron chi connectivity index (χ4n) is 1.83. The Labute approximate surface area is 134 Å². The van der Waals surface area contributed by atoms with E-state index in [0.29, 0.717) is 11.6 Å². The second kappa shape index (κ2) is 6.01. The van der Waals surface area contributed by atoms with Gasteiger partial charge in [0.2, 0.25) is 0 Å². The van der Waals surface area contributed by atoms with Gasteiger partial charge in [0.15, 0.2) is 0 Å². The van der Waals surface area contributed by atoms with Crippen LogP contribution in [0.5, 0.6) is 0 Å². The lowest BCUT2D eigenvalue weighted by Crippen LogP contribution is -2.15. The van der Waals surface area contributed by atoms with Gasteiger partial charge in [-0.25, -0.2) is 12.8 Å². The molecule has 9 heteroatoms. The molecule has 0 radical (unpaired) electrons. The topological polar surface area (TPSA) is 46.2 Å². The third kappa shape index (κ3) is 3.94. The Morgan fingerprint density at radius 2 is 1.74 bits per heavy atom. The average Bonchev–Trinajstić information content (AvgIpc) is 2.41. The standard InChI is InChI=1S/C14H10ClF4NO2S/c1-8-6-9(16)2-5-13(8)20-23(21,22)10-3-4-12(15)11(7-10)14(17,18)19/h2-7,20H,1H3. The van der Waals surface area contributed by atoms with Gasteiger partial charge in [-0.05, 0) is 48.9 Å². The molecule has 0 spiro atoms. The first kappa shape index (κ1) is 17.6. The maximum absolute atomic E-state index is 13.0. The first-order valence-electron chi connectivity index (χ1n) is 6.16. The minimum Gasteiger partial charge on any atom is -0.279 e. The van der Waals surface area contributed by atoms with Gasteiger partial charge in [-0.3, -0.25) is 4.72 Å². The second-order valence-electron chi connectivity index (χ2n) is 4.70. The van der Waals surface area contributed by atoms with Gasteiger partial charge in [0.1, 0.15) is 5.82 Å². The van der Waals surface area contributed by atoms with Gasteiger partial charge >= 0.3 is 6.18 Å². The third-order valence-corrected chi connectivity index (χ3v) is 4.68. The smallest absolute Gasteiger partial charge is 0.279 e. The number of alkyl halides is 3. The van der Waals surface area contributed by atoms with Gasteiger partial charge in [0, 0.05) is 0 Å². The highest BCUT2D eigenvalue weighted by Crippen LogP contribution is 2.36. The highest BCUT2D eigenvalue weighted by atomic mass is 35.5. The molecule has 0 heterocycles. The van der Waals surface area contributed by atoms with Crippen molar-refractivity contribution < 1.29 is 26.0 Å². The Kier molecular flexibility index (Phi) is 4.59. The average molecular weight is 368 g/mol. The molecule has 0 bridgehead atoms. The SMILES string of the molecule is Cc1cc(F)ccc1NS(=O)(=O)c1ccc(Cl)c(C(F)(F)F)c1. The van der Waals surface area contributed by atoms with E-state index in [9.17, 15) is 26.0 Å². The third-order valence-electron chi connectivity index (χ3n) is 2.99. The molecule has 3 nitrogen and oxygen atoms in total. The van der Waals surface area contributed by atoms with Gasteiger partial charge in [-0.1, -0.05) is 11.6 Å². The van der Waals surface area contributed by atoms with Crippen LogP contribution in [0.15, 0.2) is 41.3 Å². The van der Waals surface area contributed by atoms with Gasteiger partial charge in [-0.15, -0.1) is 0 Å². The van der Waals surface area contributed by atoms with Gasteiger partial charge in [0.25, 0.3) is 10.0 Å². The van der Waals surface area contributed by atoms with Crippen LogP contribution in [0.25, 0.3) is 0 Å². The molecule has 0 atom stereocenters. The molecule has 0 aliphatic rings. The normalized spacial score (nSPS) is 12.3. The highest BCUT2D eigenvalue weighted by Gasteiger charge is 2.34. The quantitative estimate of drug-likeness (QED) is 0.805. The van der Waals surface area contributed by atoms with Crippen LogP contribution in [0.4, 0.5) is 23.2 Å². The second-order valence-corrected chi connectivity index (χ2v) is 6.79. The molecule has 0 amide bonds. The zero-order valence-electron chi connectivity index (χ0n) is 11.6. The zero-order valence-corrected chi connectivity index (χ0v) is 13.2. The van der Waals surface area contributed by atoms with Crippen molar-refractivity contribution in [2.24, 2.45) is 0 Å². The van der Waals surface area contributed by atoms with E-state index in [1.54, 1.807) is 0 Å². The number of hydrogen-bond donors (Lipinski definition) is 1. The summed E-state index contributed by atoms with van der Waals surface area (Å²) in [5.74, 6) is -0.559. The van der Waals surface area contributed by atoms with E-state index >= 15 is 0 Å². The van der Waals surface area contributed by atoms with Crippen LogP contribution in [-0.2, 0) is 16.2 Å². The Hall–Kier alpha value is -1.80. The number of halogens is 5. The lowest BCUT2D eigenvalue weighted by atomic mass is 10.2. The number of nitrogens with one attached hydrogen (secondary N) is 1. The summed E-state index contributed by atoms with van der Waals surface area (Å²) in [6.07, 6.45) is -4.78. The summed E-state index contributed by atoms with van der Waals surface area (Å²) in [6, 6.07) is 5.58. The van der Waals surface area contributed by atoms with Crippen molar-refractivity contribution in [3.05, 3.63) is 58.4 Å². The number of hydrogen-bond acceptors (Lipinski definition) is 2. The molecule has 1 N–H and O–H groups in total. The van der Waals surface area contributed by atoms with Crippen molar-refractivity contribution in [1.82, 2.24) is 0 Å². The zero-order chi connectivity index (χ0) is 17.4. The molecular weight excluding hydrogens is 358 g/mol. The molecule has 23 heavy (non-hydrogen) atoms. The van der Waals surface area contributed by atoms with Crippen molar-refractivity contribution in [1.29, 1.82) is 0 Å². The minimum atomic E-state index is -4.78. The Morgan fingerprint density at radius 3 is 2.30 bits per heavy atom. The Balaban J connectivity index is 2.44. The van der Waals surface area contributed by atoms with Gasteiger partial charge in [-0.2, -0.15) is 13.2 Å². The molecule has 0 saturated heterocycles. The van der Waals surface area contributed by atoms with Crippen molar-refractivity contribution in [3.8, 4) is 0 Å². The fraction of sp³-hybridized carbons (Fsp3) is 0.143. The molecule has 0 unspecified atom stereocenters. The number of sulfonamides is 1. The fourth-order valence-corrected chi connectivity index (χ4v) is 3.22. The molecule has 0 aromatic heterocycles. The van der Waals surface area contributed by atoms with Crippen LogP contribution >= 0.6 is 11.6 Å². The summed E-state index contributed by atoms with van der Waals surface area (Å²) in [5, 5.41) is -0.602. The molecule has 2 rings (SSSR count). The molecule has 0 saturated carbocycles. The molecule has 0 fully saturated rings. The molecular formula is C14H10ClF4NO2S. The van der Waals surface area contributed by atoms with Crippen LogP contribution in [-0.4, -0.2) is 8.42 Å². The van der Waals surface area contributed by atoms with E-state index in [0.717, 1.165) is 24.3 Å². The summed E-state index contributed by atoms with van der Waals surface area (Å²) in [5.41, 5.74) is -0.897. The molecule has 2 aromatic rings. The largest absolute Gasteiger partial charge is 0.417 e. The predicted octanol–water partition coefficient (Wildman–Crippen LogP) is 4.61. The first-order valence-corrected chi connectivity index (χ1v) is 8.02. The van der Waals surface area contributed by atoms with Crippen molar-refractivity contribution in [2.75, 3.05) is 4.72 Å². The Bertz CT molecular complexity index is 850. The van der Waals surface area contributed by atoms with Crippen LogP contribution in [0.1, 0.15) is 11.1 Å². The van der Waals surface area contributed by atoms with Crippen LogP contribution in [0, 0.1) is 12.7 Å². The summed E-state index contributed by atoms with van der Waals surface area (Å²) >= 11 is 5.46. The number of anilines is 1. The molecule has 124 valence electrons. The van der Waals surface area contributed by atoms with Crippen LogP contribution in [0.3, 0.4) is 0 Å². The molecule has 0 aliphatic heterocycles. The van der Waals surface area contributed by atoms with Crippen LogP contribution in [0.2, 0.25) is 5.02 Å². The summed E-state index contributed by atoms with van der Waals surface area (Å²) in [7, 11) is -4.28. The van der Waals surface area contributed by atoms with E-state index in [1.165, 1.54) is 13.0 Å². The van der Waals surface area contributed by atoms with Crippen molar-refractivity contribution in [3.63, 3.8) is 0 Å². The lowest BCUT2D eigenvalue weighted by Gasteiger charge is -2.13. The van der Waals surface area contributed by atoms with E-state index in [1.807, 2.05) is 0 Å². The summed E-state index contributed by atoms with van der Waals surface area (Å²) < 4.78 is 78.0. The van der Waals surface area contributed by atoms with E-state index < -0.39 is 37.5 Å². The maximum Gasteiger partial charge on any atom is 0.417 e. The predicted molar refractivity (Wildman–Crippen MR) is 78.4 cm³/mol. The first-order chi connectivity index (χ1) is 10.5. The highest BCUT2D eigenvalue weighted by molar-refractivity contribution is 7.92. The van der Waals surface area contributed by atoms with E-state index in [4.69, 9.17) is 11.6 Å². The monoisotopic (exact) mass is 367 g/mol. The van der Waals surface area contributed by atoms with Gasteiger partial charge < -0.3 is 0 Å². The lowest BCUT2D eigenvalue weighted by molar-refractivity contribution is -0.137. The van der Waals surface area contributed by atoms with Gasteiger partial charge in [0.05, 0.1) is 21.2 Å². The molecule has 0 aliphatic carbocycles. The van der Waals surface area contributed by atoms with Crippen LogP contribution < -0.4 is 4.72 Å². The summed E-state index contributed by atoms with van der Waals surface area (Å²) in [4.78, 5) is -0.599. The minimum absolute atomic E-state index is 0.0647. The van der Waals surface area contributed by atoms with Crippen molar-refractivity contribution in [2.45, 2.75) is 18.0 Å². The number of rotatable bonds is 3. The number of aryl methyl sites for hydroxylation is 1. The number of benzene rings is 2. The maximum atomic E-state index is 13.0. The summed E-state index contributed by atoms with van der Waals surface area (Å²) in [6.45, 7) is 1.46. The molecule has 2 aromatic carbocycles.